The molecule has 3 aromatic heterocycles. The number of aryl methyl sites for hydroxylation is 1. The first-order valence-corrected chi connectivity index (χ1v) is 10.0. The van der Waals surface area contributed by atoms with Gasteiger partial charge < -0.3 is 14.8 Å². The van der Waals surface area contributed by atoms with Crippen LogP contribution in [-0.4, -0.2) is 41.9 Å². The van der Waals surface area contributed by atoms with Crippen molar-refractivity contribution in [3.05, 3.63) is 50.3 Å². The van der Waals surface area contributed by atoms with E-state index in [4.69, 9.17) is 11.6 Å². The molecule has 0 atom stereocenters. The average molecular weight is 453 g/mol. The van der Waals surface area contributed by atoms with Crippen molar-refractivity contribution < 1.29 is 24.2 Å². The number of thiophene rings is 1. The molecule has 8 nitrogen and oxygen atoms in total. The fourth-order valence-electron chi connectivity index (χ4n) is 2.97. The number of hydrogen-bond donors (Lipinski definition) is 2. The number of imidazole rings is 1. The maximum atomic E-state index is 14.2. The van der Waals surface area contributed by atoms with Crippen LogP contribution in [0.2, 0.25) is 4.34 Å². The highest BCUT2D eigenvalue weighted by molar-refractivity contribution is 7.23. The maximum absolute atomic E-state index is 14.2. The Balaban J connectivity index is 1.86. The van der Waals surface area contributed by atoms with Gasteiger partial charge in [0, 0.05) is 0 Å². The van der Waals surface area contributed by atoms with Crippen LogP contribution >= 0.6 is 34.3 Å². The Morgan fingerprint density at radius 2 is 1.97 bits per heavy atom. The summed E-state index contributed by atoms with van der Waals surface area (Å²) in [7, 11) is 0. The average Bonchev–Trinajstić information content (AvgIpc) is 3.33. The number of carboxylic acid groups (broad SMARTS) is 2. The molecule has 0 fully saturated rings. The number of fused-ring (bicyclic) bond motifs is 1. The van der Waals surface area contributed by atoms with Crippen LogP contribution < -0.4 is 0 Å². The number of halogens is 2. The minimum Gasteiger partial charge on any atom is -0.478 e. The first-order chi connectivity index (χ1) is 13.8. The maximum Gasteiger partial charge on any atom is 0.372 e. The molecule has 4 rings (SSSR count). The van der Waals surface area contributed by atoms with Gasteiger partial charge in [-0.05, 0) is 30.7 Å². The number of carbonyl (C=O) groups is 2. The first-order valence-electron chi connectivity index (χ1n) is 8.00. The van der Waals surface area contributed by atoms with Gasteiger partial charge >= 0.3 is 11.9 Å². The molecule has 0 saturated heterocycles. The van der Waals surface area contributed by atoms with Crippen molar-refractivity contribution in [2.45, 2.75) is 13.5 Å². The van der Waals surface area contributed by atoms with Crippen molar-refractivity contribution in [3.8, 4) is 9.88 Å². The van der Waals surface area contributed by atoms with Gasteiger partial charge in [0.2, 0.25) is 5.82 Å². The minimum atomic E-state index is -1.53. The van der Waals surface area contributed by atoms with Gasteiger partial charge in [0.05, 0.1) is 21.3 Å². The number of aromatic carboxylic acids is 2. The number of hydrogen-bond acceptors (Lipinski definition) is 7. The largest absolute Gasteiger partial charge is 0.478 e. The molecule has 148 valence electrons. The molecule has 4 aromatic rings. The summed E-state index contributed by atoms with van der Waals surface area (Å²) in [6.45, 7) is 1.54. The SMILES string of the molecule is Cc1cc(F)c(C(=O)O)c2nc(C(=O)O)n(Cc3nnc(-c4ccc(Cl)s4)s3)c12. The zero-order chi connectivity index (χ0) is 20.9. The summed E-state index contributed by atoms with van der Waals surface area (Å²) >= 11 is 8.52. The molecule has 2 N–H and O–H groups in total. The lowest BCUT2D eigenvalue weighted by molar-refractivity contribution is 0.0671. The molecular weight excluding hydrogens is 443 g/mol. The molecule has 0 aliphatic rings. The predicted molar refractivity (Wildman–Crippen MR) is 106 cm³/mol. The zero-order valence-electron chi connectivity index (χ0n) is 14.5. The predicted octanol–water partition coefficient (Wildman–Crippen LogP) is 4.16. The highest BCUT2D eigenvalue weighted by atomic mass is 35.5. The van der Waals surface area contributed by atoms with Gasteiger partial charge in [0.25, 0.3) is 0 Å². The summed E-state index contributed by atoms with van der Waals surface area (Å²) in [6, 6.07) is 4.59. The van der Waals surface area contributed by atoms with Crippen LogP contribution in [-0.2, 0) is 6.54 Å². The Labute approximate surface area is 174 Å². The van der Waals surface area contributed by atoms with Crippen molar-refractivity contribution in [2.24, 2.45) is 0 Å². The summed E-state index contributed by atoms with van der Waals surface area (Å²) in [6.07, 6.45) is 0. The van der Waals surface area contributed by atoms with E-state index in [1.54, 1.807) is 19.1 Å². The Hall–Kier alpha value is -2.89. The highest BCUT2D eigenvalue weighted by Crippen LogP contribution is 2.34. The smallest absolute Gasteiger partial charge is 0.372 e. The van der Waals surface area contributed by atoms with Gasteiger partial charge in [0.1, 0.15) is 21.9 Å². The van der Waals surface area contributed by atoms with Crippen LogP contribution in [0.1, 0.15) is 31.5 Å². The van der Waals surface area contributed by atoms with E-state index in [0.29, 0.717) is 19.9 Å². The van der Waals surface area contributed by atoms with E-state index in [2.05, 4.69) is 15.2 Å². The third-order valence-electron chi connectivity index (χ3n) is 4.11. The quantitative estimate of drug-likeness (QED) is 0.466. The highest BCUT2D eigenvalue weighted by Gasteiger charge is 2.26. The molecule has 0 bridgehead atoms. The third kappa shape index (κ3) is 3.37. The number of rotatable bonds is 5. The van der Waals surface area contributed by atoms with Crippen LogP contribution in [0.3, 0.4) is 0 Å². The molecule has 12 heteroatoms. The van der Waals surface area contributed by atoms with E-state index in [1.807, 2.05) is 0 Å². The first kappa shape index (κ1) is 19.4. The van der Waals surface area contributed by atoms with E-state index in [1.165, 1.54) is 27.2 Å². The second-order valence-corrected chi connectivity index (χ2v) is 8.76. The molecule has 0 spiro atoms. The topological polar surface area (TPSA) is 118 Å². The molecule has 0 aliphatic carbocycles. The number of benzene rings is 1. The number of aromatic nitrogens is 4. The Bertz CT molecular complexity index is 1300. The lowest BCUT2D eigenvalue weighted by Crippen LogP contribution is -2.11. The van der Waals surface area contributed by atoms with Crippen LogP contribution in [0.25, 0.3) is 20.9 Å². The van der Waals surface area contributed by atoms with Crippen LogP contribution in [0.4, 0.5) is 4.39 Å². The van der Waals surface area contributed by atoms with Gasteiger partial charge in [-0.3, -0.25) is 0 Å². The molecule has 0 radical (unpaired) electrons. The molecule has 0 unspecified atom stereocenters. The lowest BCUT2D eigenvalue weighted by Gasteiger charge is -2.07. The standard InChI is InChI=1S/C17H10ClFN4O4S2/c1-6-4-7(19)11(16(24)25)12-13(6)23(14(20-12)17(26)27)5-10-21-22-15(29-10)8-2-3-9(18)28-8/h2-4H,5H2,1H3,(H,24,25)(H,26,27). The van der Waals surface area contributed by atoms with Crippen molar-refractivity contribution in [1.29, 1.82) is 0 Å². The lowest BCUT2D eigenvalue weighted by atomic mass is 10.1. The molecule has 29 heavy (non-hydrogen) atoms. The number of nitrogens with zero attached hydrogens (tertiary/aromatic N) is 4. The van der Waals surface area contributed by atoms with E-state index in [9.17, 15) is 24.2 Å². The summed E-state index contributed by atoms with van der Waals surface area (Å²) < 4.78 is 16.1. The number of carboxylic acids is 2. The van der Waals surface area contributed by atoms with Crippen molar-refractivity contribution in [2.75, 3.05) is 0 Å². The van der Waals surface area contributed by atoms with E-state index < -0.39 is 29.1 Å². The van der Waals surface area contributed by atoms with E-state index >= 15 is 0 Å². The molecule has 0 saturated carbocycles. The van der Waals surface area contributed by atoms with E-state index in [0.717, 1.165) is 10.9 Å². The molecule has 0 amide bonds. The summed E-state index contributed by atoms with van der Waals surface area (Å²) in [5, 5.41) is 28.2. The second kappa shape index (κ2) is 7.17. The minimum absolute atomic E-state index is 0.0135. The fraction of sp³-hybridized carbons (Fsp3) is 0.118. The van der Waals surface area contributed by atoms with Crippen molar-refractivity contribution >= 4 is 57.2 Å². The Morgan fingerprint density at radius 1 is 1.21 bits per heavy atom. The summed E-state index contributed by atoms with van der Waals surface area (Å²) in [4.78, 5) is 27.9. The normalized spacial score (nSPS) is 11.3. The van der Waals surface area contributed by atoms with Gasteiger partial charge in [-0.1, -0.05) is 22.9 Å². The van der Waals surface area contributed by atoms with E-state index in [-0.39, 0.29) is 17.6 Å². The van der Waals surface area contributed by atoms with Crippen LogP contribution in [0, 0.1) is 12.7 Å². The molecule has 3 heterocycles. The van der Waals surface area contributed by atoms with Crippen LogP contribution in [0.15, 0.2) is 18.2 Å². The molecular formula is C17H10ClFN4O4S2. The van der Waals surface area contributed by atoms with Crippen LogP contribution in [0.5, 0.6) is 0 Å². The van der Waals surface area contributed by atoms with Gasteiger partial charge in [-0.2, -0.15) is 0 Å². The van der Waals surface area contributed by atoms with Gasteiger partial charge in [-0.25, -0.2) is 19.0 Å². The third-order valence-corrected chi connectivity index (χ3v) is 6.42. The molecule has 0 aliphatic heterocycles. The van der Waals surface area contributed by atoms with Gasteiger partial charge in [-0.15, -0.1) is 21.5 Å². The van der Waals surface area contributed by atoms with Crippen molar-refractivity contribution in [3.63, 3.8) is 0 Å². The zero-order valence-corrected chi connectivity index (χ0v) is 16.9. The van der Waals surface area contributed by atoms with Gasteiger partial charge in [0.15, 0.2) is 5.01 Å². The Morgan fingerprint density at radius 3 is 2.59 bits per heavy atom. The molecule has 1 aromatic carbocycles. The van der Waals surface area contributed by atoms with Crippen molar-refractivity contribution in [1.82, 2.24) is 19.7 Å². The Kier molecular flexibility index (Phi) is 4.81. The monoisotopic (exact) mass is 452 g/mol. The summed E-state index contributed by atoms with van der Waals surface area (Å²) in [5.74, 6) is -4.28. The second-order valence-electron chi connectivity index (χ2n) is 5.98. The summed E-state index contributed by atoms with van der Waals surface area (Å²) in [5.41, 5.74) is -0.311. The fourth-order valence-corrected chi connectivity index (χ4v) is 4.89.